The Bertz CT molecular complexity index is 2520. The number of benzene rings is 8. The largest absolute Gasteiger partial charge is 0.507 e. The van der Waals surface area contributed by atoms with Crippen molar-refractivity contribution >= 4 is 43.5 Å². The van der Waals surface area contributed by atoms with E-state index in [9.17, 15) is 5.11 Å². The molecule has 1 heterocycles. The lowest BCUT2D eigenvalue weighted by atomic mass is 9.85. The van der Waals surface area contributed by atoms with Gasteiger partial charge in [-0.2, -0.15) is 0 Å². The monoisotopic (exact) mass is 588 g/mol. The van der Waals surface area contributed by atoms with Crippen molar-refractivity contribution < 1.29 is 9.52 Å². The molecule has 9 aromatic rings. The van der Waals surface area contributed by atoms with Crippen LogP contribution in [0.4, 0.5) is 0 Å². The minimum atomic E-state index is 0.268. The fourth-order valence-corrected chi connectivity index (χ4v) is 7.03. The molecule has 0 aliphatic carbocycles. The molecule has 0 radical (unpaired) electrons. The van der Waals surface area contributed by atoms with E-state index in [0.29, 0.717) is 0 Å². The molecule has 46 heavy (non-hydrogen) atoms. The van der Waals surface area contributed by atoms with Gasteiger partial charge in [0.25, 0.3) is 0 Å². The molecule has 0 aliphatic heterocycles. The Balaban J connectivity index is 1.28. The van der Waals surface area contributed by atoms with Gasteiger partial charge in [-0.3, -0.25) is 0 Å². The molecule has 0 saturated heterocycles. The summed E-state index contributed by atoms with van der Waals surface area (Å²) in [4.78, 5) is 0. The van der Waals surface area contributed by atoms with E-state index >= 15 is 0 Å². The topological polar surface area (TPSA) is 33.4 Å². The van der Waals surface area contributed by atoms with Gasteiger partial charge in [0.1, 0.15) is 16.9 Å². The average Bonchev–Trinajstić information content (AvgIpc) is 3.49. The van der Waals surface area contributed by atoms with Crippen molar-refractivity contribution in [3.63, 3.8) is 0 Å². The third-order valence-corrected chi connectivity index (χ3v) is 9.17. The fraction of sp³-hybridized carbons (Fsp3) is 0. The highest BCUT2D eigenvalue weighted by atomic mass is 16.3. The van der Waals surface area contributed by atoms with Gasteiger partial charge in [-0.1, -0.05) is 133 Å². The zero-order valence-electron chi connectivity index (χ0n) is 24.9. The lowest BCUT2D eigenvalue weighted by Gasteiger charge is -2.18. The van der Waals surface area contributed by atoms with Crippen LogP contribution in [0.15, 0.2) is 168 Å². The smallest absolute Gasteiger partial charge is 0.135 e. The Morgan fingerprint density at radius 2 is 0.761 bits per heavy atom. The van der Waals surface area contributed by atoms with Crippen LogP contribution in [0.3, 0.4) is 0 Å². The minimum Gasteiger partial charge on any atom is -0.507 e. The van der Waals surface area contributed by atoms with Crippen molar-refractivity contribution in [3.8, 4) is 50.3 Å². The van der Waals surface area contributed by atoms with Crippen LogP contribution in [0, 0.1) is 0 Å². The van der Waals surface area contributed by atoms with Crippen LogP contribution in [0.1, 0.15) is 0 Å². The Labute approximate surface area is 266 Å². The van der Waals surface area contributed by atoms with Gasteiger partial charge in [0.15, 0.2) is 0 Å². The summed E-state index contributed by atoms with van der Waals surface area (Å²) >= 11 is 0. The molecule has 0 amide bonds. The van der Waals surface area contributed by atoms with E-state index in [4.69, 9.17) is 4.42 Å². The highest BCUT2D eigenvalue weighted by Crippen LogP contribution is 2.47. The normalized spacial score (nSPS) is 11.6. The molecule has 9 rings (SSSR count). The van der Waals surface area contributed by atoms with Crippen molar-refractivity contribution in [1.82, 2.24) is 0 Å². The maximum Gasteiger partial charge on any atom is 0.135 e. The summed E-state index contributed by atoms with van der Waals surface area (Å²) < 4.78 is 6.31. The number of hydrogen-bond donors (Lipinski definition) is 1. The first kappa shape index (κ1) is 26.3. The first-order chi connectivity index (χ1) is 22.7. The molecule has 2 nitrogen and oxygen atoms in total. The first-order valence-electron chi connectivity index (χ1n) is 15.6. The molecule has 1 N–H and O–H groups in total. The molecular formula is C44H28O2. The Morgan fingerprint density at radius 1 is 0.326 bits per heavy atom. The van der Waals surface area contributed by atoms with Crippen molar-refractivity contribution in [3.05, 3.63) is 164 Å². The quantitative estimate of drug-likeness (QED) is 0.208. The van der Waals surface area contributed by atoms with E-state index in [1.807, 2.05) is 30.3 Å². The molecule has 2 heteroatoms. The van der Waals surface area contributed by atoms with Crippen LogP contribution in [-0.4, -0.2) is 5.11 Å². The molecule has 0 atom stereocenters. The summed E-state index contributed by atoms with van der Waals surface area (Å²) in [7, 11) is 0. The number of hydrogen-bond acceptors (Lipinski definition) is 2. The predicted octanol–water partition coefficient (Wildman–Crippen LogP) is 12.3. The van der Waals surface area contributed by atoms with Crippen LogP contribution in [0.25, 0.3) is 88.0 Å². The lowest BCUT2D eigenvalue weighted by molar-refractivity contribution is 0.477. The summed E-state index contributed by atoms with van der Waals surface area (Å²) in [5, 5.41) is 18.2. The van der Waals surface area contributed by atoms with Gasteiger partial charge in [-0.25, -0.2) is 0 Å². The number of phenolic OH excluding ortho intramolecular Hbond substituents is 1. The van der Waals surface area contributed by atoms with E-state index in [-0.39, 0.29) is 5.75 Å². The second-order valence-corrected chi connectivity index (χ2v) is 11.8. The maximum atomic E-state index is 11.5. The van der Waals surface area contributed by atoms with Crippen LogP contribution < -0.4 is 0 Å². The van der Waals surface area contributed by atoms with Gasteiger partial charge in [-0.05, 0) is 85.3 Å². The summed E-state index contributed by atoms with van der Waals surface area (Å²) in [5.74, 6) is 0.268. The minimum absolute atomic E-state index is 0.268. The van der Waals surface area contributed by atoms with E-state index in [2.05, 4.69) is 133 Å². The lowest BCUT2D eigenvalue weighted by Crippen LogP contribution is -1.91. The third-order valence-electron chi connectivity index (χ3n) is 9.17. The zero-order valence-corrected chi connectivity index (χ0v) is 24.9. The number of aromatic hydroxyl groups is 1. The summed E-state index contributed by atoms with van der Waals surface area (Å²) in [6.45, 7) is 0. The number of fused-ring (bicyclic) bond motifs is 5. The Hall–Kier alpha value is -6.12. The van der Waals surface area contributed by atoms with Crippen molar-refractivity contribution in [1.29, 1.82) is 0 Å². The summed E-state index contributed by atoms with van der Waals surface area (Å²) in [6.07, 6.45) is 0. The molecule has 8 aromatic carbocycles. The average molecular weight is 589 g/mol. The number of rotatable bonds is 4. The molecule has 1 aromatic heterocycles. The first-order valence-corrected chi connectivity index (χ1v) is 15.6. The standard InChI is InChI=1S/C44H28O2/c45-40-27-31(29-13-5-2-6-14-29)19-22-37(40)44-35-17-9-7-15-33(35)43(34-16-8-10-18-36(34)44)32-21-24-42-39(26-32)38-25-30(20-23-41(38)46-42)28-11-3-1-4-12-28/h1-27,45H. The van der Waals surface area contributed by atoms with Gasteiger partial charge < -0.3 is 9.52 Å². The zero-order chi connectivity index (χ0) is 30.6. The van der Waals surface area contributed by atoms with Gasteiger partial charge >= 0.3 is 0 Å². The Kier molecular flexibility index (Phi) is 6.00. The Morgan fingerprint density at radius 3 is 1.30 bits per heavy atom. The molecule has 0 bridgehead atoms. The van der Waals surface area contributed by atoms with E-state index in [1.165, 1.54) is 16.7 Å². The van der Waals surface area contributed by atoms with E-state index in [0.717, 1.165) is 71.3 Å². The highest BCUT2D eigenvalue weighted by molar-refractivity contribution is 6.22. The van der Waals surface area contributed by atoms with Crippen LogP contribution in [-0.2, 0) is 0 Å². The molecule has 0 fully saturated rings. The van der Waals surface area contributed by atoms with Crippen LogP contribution >= 0.6 is 0 Å². The SMILES string of the molecule is Oc1cc(-c2ccccc2)ccc1-c1c2ccccc2c(-c2ccc3oc4ccc(-c5ccccc5)cc4c3c2)c2ccccc12. The second kappa shape index (κ2) is 10.5. The maximum absolute atomic E-state index is 11.5. The molecular weight excluding hydrogens is 560 g/mol. The molecule has 216 valence electrons. The number of furan rings is 1. The van der Waals surface area contributed by atoms with Crippen LogP contribution in [0.5, 0.6) is 5.75 Å². The molecule has 0 saturated carbocycles. The van der Waals surface area contributed by atoms with Crippen molar-refractivity contribution in [2.24, 2.45) is 0 Å². The number of phenols is 1. The van der Waals surface area contributed by atoms with Crippen molar-refractivity contribution in [2.45, 2.75) is 0 Å². The van der Waals surface area contributed by atoms with Gasteiger partial charge in [0.05, 0.1) is 0 Å². The van der Waals surface area contributed by atoms with Crippen molar-refractivity contribution in [2.75, 3.05) is 0 Å². The summed E-state index contributed by atoms with van der Waals surface area (Å²) in [5.41, 5.74) is 10.3. The van der Waals surface area contributed by atoms with Crippen LogP contribution in [0.2, 0.25) is 0 Å². The third kappa shape index (κ3) is 4.19. The fourth-order valence-electron chi connectivity index (χ4n) is 7.03. The van der Waals surface area contributed by atoms with Gasteiger partial charge in [-0.15, -0.1) is 0 Å². The van der Waals surface area contributed by atoms with Gasteiger partial charge in [0.2, 0.25) is 0 Å². The predicted molar refractivity (Wildman–Crippen MR) is 192 cm³/mol. The molecule has 0 aliphatic rings. The molecule has 0 spiro atoms. The van der Waals surface area contributed by atoms with Gasteiger partial charge in [0, 0.05) is 21.9 Å². The van der Waals surface area contributed by atoms with E-state index < -0.39 is 0 Å². The molecule has 0 unspecified atom stereocenters. The van der Waals surface area contributed by atoms with E-state index in [1.54, 1.807) is 0 Å². The second-order valence-electron chi connectivity index (χ2n) is 11.8. The highest BCUT2D eigenvalue weighted by Gasteiger charge is 2.19. The summed E-state index contributed by atoms with van der Waals surface area (Å²) in [6, 6.07) is 56.7.